The molecule has 4 aromatic rings. The van der Waals surface area contributed by atoms with Crippen LogP contribution in [0.25, 0.3) is 33.4 Å². The summed E-state index contributed by atoms with van der Waals surface area (Å²) >= 11 is 1.45. The zero-order valence-corrected chi connectivity index (χ0v) is 41.6. The number of pyridine rings is 1. The average Bonchev–Trinajstić information content (AvgIpc) is 3.61. The number of aromatic nitrogens is 3. The van der Waals surface area contributed by atoms with Gasteiger partial charge in [0.1, 0.15) is 17.6 Å². The van der Waals surface area contributed by atoms with E-state index < -0.39 is 40.3 Å². The first-order valence-corrected chi connectivity index (χ1v) is 25.3. The molecule has 5 atom stereocenters. The largest absolute Gasteiger partial charge is 0.464 e. The van der Waals surface area contributed by atoms with Crippen LogP contribution in [0.2, 0.25) is 0 Å². The van der Waals surface area contributed by atoms with E-state index in [1.54, 1.807) is 25.3 Å². The number of hydrazine groups is 1. The van der Waals surface area contributed by atoms with E-state index in [4.69, 9.17) is 19.4 Å². The van der Waals surface area contributed by atoms with Gasteiger partial charge in [0.05, 0.1) is 40.2 Å². The number of rotatable bonds is 9. The predicted molar refractivity (Wildman–Crippen MR) is 259 cm³/mol. The average molecular weight is 950 g/mol. The van der Waals surface area contributed by atoms with Crippen molar-refractivity contribution >= 4 is 52.0 Å². The minimum absolute atomic E-state index is 0.0251. The molecule has 17 heteroatoms. The van der Waals surface area contributed by atoms with Crippen molar-refractivity contribution in [3.05, 3.63) is 58.2 Å². The Labute approximate surface area is 402 Å². The lowest BCUT2D eigenvalue weighted by Crippen LogP contribution is -2.69. The maximum atomic E-state index is 15.4. The zero-order chi connectivity index (χ0) is 48.3. The summed E-state index contributed by atoms with van der Waals surface area (Å²) < 4.78 is 14.4. The maximum absolute atomic E-state index is 15.4. The zero-order valence-electron chi connectivity index (χ0n) is 40.8. The first kappa shape index (κ1) is 47.7. The number of carbonyl (C=O) groups excluding carboxylic acids is 5. The number of cyclic esters (lactones) is 1. The van der Waals surface area contributed by atoms with Gasteiger partial charge < -0.3 is 34.5 Å². The molecule has 1 spiro atoms. The van der Waals surface area contributed by atoms with Gasteiger partial charge in [0.15, 0.2) is 0 Å². The number of likely N-dealkylation sites (tertiary alicyclic amines) is 1. The highest BCUT2D eigenvalue weighted by Gasteiger charge is 2.56. The molecule has 4 aliphatic heterocycles. The molecule has 364 valence electrons. The Hall–Kier alpha value is -5.39. The number of esters is 1. The van der Waals surface area contributed by atoms with Crippen LogP contribution >= 0.6 is 11.3 Å². The number of ether oxygens (including phenoxy) is 2. The van der Waals surface area contributed by atoms with Gasteiger partial charge in [-0.2, -0.15) is 0 Å². The molecule has 1 aromatic carbocycles. The lowest BCUT2D eigenvalue weighted by atomic mass is 9.84. The number of fused-ring (bicyclic) bond motifs is 6. The number of amides is 5. The molecule has 68 heavy (non-hydrogen) atoms. The summed E-state index contributed by atoms with van der Waals surface area (Å²) in [5, 5.41) is 11.5. The van der Waals surface area contributed by atoms with Gasteiger partial charge in [0, 0.05) is 92.3 Å². The Morgan fingerprint density at radius 3 is 2.57 bits per heavy atom. The number of likely N-dealkylation sites (N-methyl/N-ethyl adjacent to an activating group) is 1. The third-order valence-corrected chi connectivity index (χ3v) is 16.0. The van der Waals surface area contributed by atoms with Gasteiger partial charge in [0.25, 0.3) is 5.91 Å². The SMILES string of the molecule is CCn1c(-c2cccnc2[C@H](C)OC)c2c3cc(ccc31)-c1csc(n1)C[C@](NC(=O)[C@H](C(C)C)N(C)C(=O)N1CC[C@]3(CCNC3=O)C1)(C1CC1)C(=O)N1CCC[C@H](N1)C(=O)OCC(C)(C)C2. The number of hydrogen-bond acceptors (Lipinski definition) is 11. The van der Waals surface area contributed by atoms with E-state index in [1.807, 2.05) is 32.2 Å². The van der Waals surface area contributed by atoms with E-state index in [0.717, 1.165) is 44.7 Å². The second kappa shape index (κ2) is 18.5. The van der Waals surface area contributed by atoms with Crippen LogP contribution in [0, 0.1) is 22.7 Å². The van der Waals surface area contributed by atoms with Gasteiger partial charge in [-0.1, -0.05) is 33.8 Å². The van der Waals surface area contributed by atoms with Gasteiger partial charge >= 0.3 is 12.0 Å². The van der Waals surface area contributed by atoms with Gasteiger partial charge in [-0.05, 0) is 100 Å². The molecule has 5 amide bonds. The topological polar surface area (TPSA) is 180 Å². The Kier molecular flexibility index (Phi) is 13.0. The molecule has 1 aliphatic carbocycles. The van der Waals surface area contributed by atoms with E-state index in [1.165, 1.54) is 21.2 Å². The molecule has 16 nitrogen and oxygen atoms in total. The number of hydrogen-bond donors (Lipinski definition) is 3. The Morgan fingerprint density at radius 1 is 1.07 bits per heavy atom. The van der Waals surface area contributed by atoms with Crippen molar-refractivity contribution in [3.63, 3.8) is 0 Å². The molecule has 4 fully saturated rings. The van der Waals surface area contributed by atoms with E-state index in [2.05, 4.69) is 65.7 Å². The molecule has 9 rings (SSSR count). The lowest BCUT2D eigenvalue weighted by Gasteiger charge is -2.42. The van der Waals surface area contributed by atoms with Crippen LogP contribution in [0.1, 0.15) is 102 Å². The standard InChI is InChI=1S/C51H67N9O7S/c1-9-59-39-17-14-32-24-35(39)36(43(59)34-12-10-20-52-41(34)31(4)66-8)25-49(5,6)29-67-45(62)37-13-11-22-60(56-37)47(64)51(33-15-16-33,26-40-54-38(32)27-68-40)55-44(61)42(30(2)3)57(7)48(65)58-23-19-50(28-58)18-21-53-46(50)63/h10,12,14,17,20,24,27,30-31,33,37,42,56H,9,11,13,15-16,18-19,21-23,25-26,28-29H2,1-8H3,(H,53,63)(H,55,61)/t31-,37-,42-,50+,51-/m0/s1. The van der Waals surface area contributed by atoms with Crippen LogP contribution < -0.4 is 16.1 Å². The molecule has 3 saturated heterocycles. The fraction of sp³-hybridized carbons (Fsp3) is 0.588. The second-order valence-corrected chi connectivity index (χ2v) is 21.9. The van der Waals surface area contributed by atoms with E-state index in [0.29, 0.717) is 82.7 Å². The van der Waals surface area contributed by atoms with Crippen molar-refractivity contribution < 1.29 is 33.4 Å². The van der Waals surface area contributed by atoms with Crippen molar-refractivity contribution in [2.24, 2.45) is 22.7 Å². The number of nitrogens with zero attached hydrogens (tertiary/aromatic N) is 6. The third kappa shape index (κ3) is 8.67. The summed E-state index contributed by atoms with van der Waals surface area (Å²) in [6.45, 7) is 14.6. The summed E-state index contributed by atoms with van der Waals surface area (Å²) in [5.41, 5.74) is 7.40. The van der Waals surface area contributed by atoms with Crippen molar-refractivity contribution in [2.45, 2.75) is 123 Å². The summed E-state index contributed by atoms with van der Waals surface area (Å²) in [7, 11) is 3.32. The predicted octanol–water partition coefficient (Wildman–Crippen LogP) is 6.27. The molecule has 3 N–H and O–H groups in total. The number of aryl methyl sites for hydroxylation is 1. The second-order valence-electron chi connectivity index (χ2n) is 20.9. The van der Waals surface area contributed by atoms with Crippen molar-refractivity contribution in [2.75, 3.05) is 46.9 Å². The number of carbonyl (C=O) groups is 5. The van der Waals surface area contributed by atoms with Crippen LogP contribution in [0.5, 0.6) is 0 Å². The van der Waals surface area contributed by atoms with Crippen LogP contribution in [0.3, 0.4) is 0 Å². The number of methoxy groups -OCH3 is 1. The highest BCUT2D eigenvalue weighted by molar-refractivity contribution is 7.10. The van der Waals surface area contributed by atoms with Crippen LogP contribution in [0.4, 0.5) is 4.79 Å². The normalized spacial score (nSPS) is 25.1. The third-order valence-electron chi connectivity index (χ3n) is 15.2. The van der Waals surface area contributed by atoms with Gasteiger partial charge in [-0.15, -0.1) is 11.3 Å². The number of nitrogens with one attached hydrogen (secondary N) is 3. The van der Waals surface area contributed by atoms with Crippen LogP contribution in [0.15, 0.2) is 41.9 Å². The van der Waals surface area contributed by atoms with E-state index in [9.17, 15) is 14.4 Å². The van der Waals surface area contributed by atoms with Crippen molar-refractivity contribution in [1.29, 1.82) is 0 Å². The fourth-order valence-electron chi connectivity index (χ4n) is 11.3. The number of benzene rings is 1. The lowest BCUT2D eigenvalue weighted by molar-refractivity contribution is -0.158. The molecule has 1 saturated carbocycles. The van der Waals surface area contributed by atoms with Crippen molar-refractivity contribution in [3.8, 4) is 22.5 Å². The Bertz CT molecular complexity index is 2620. The molecule has 3 aromatic heterocycles. The summed E-state index contributed by atoms with van der Waals surface area (Å²) in [4.78, 5) is 84.8. The highest BCUT2D eigenvalue weighted by Crippen LogP contribution is 2.46. The number of urea groups is 1. The molecule has 5 aliphatic rings. The summed E-state index contributed by atoms with van der Waals surface area (Å²) in [5.74, 6) is -1.79. The van der Waals surface area contributed by atoms with E-state index >= 15 is 9.59 Å². The quantitative estimate of drug-likeness (QED) is 0.162. The maximum Gasteiger partial charge on any atom is 0.324 e. The van der Waals surface area contributed by atoms with Gasteiger partial charge in [-0.3, -0.25) is 29.2 Å². The Balaban J connectivity index is 1.12. The van der Waals surface area contributed by atoms with Gasteiger partial charge in [-0.25, -0.2) is 15.2 Å². The minimum Gasteiger partial charge on any atom is -0.464 e. The monoisotopic (exact) mass is 949 g/mol. The van der Waals surface area contributed by atoms with Crippen molar-refractivity contribution in [1.82, 2.24) is 45.4 Å². The molecule has 0 unspecified atom stereocenters. The number of thiazole rings is 1. The summed E-state index contributed by atoms with van der Waals surface area (Å²) in [6.07, 6.45) is 5.91. The highest BCUT2D eigenvalue weighted by atomic mass is 32.1. The molecule has 7 heterocycles. The summed E-state index contributed by atoms with van der Waals surface area (Å²) in [6, 6.07) is 8.46. The molecule has 0 radical (unpaired) electrons. The van der Waals surface area contributed by atoms with Gasteiger partial charge in [0.2, 0.25) is 11.8 Å². The fourth-order valence-corrected chi connectivity index (χ4v) is 12.2. The van der Waals surface area contributed by atoms with Crippen LogP contribution in [-0.4, -0.2) is 124 Å². The smallest absolute Gasteiger partial charge is 0.324 e. The first-order chi connectivity index (χ1) is 32.5. The first-order valence-electron chi connectivity index (χ1n) is 24.4. The molecular weight excluding hydrogens is 883 g/mol. The Morgan fingerprint density at radius 2 is 1.87 bits per heavy atom. The van der Waals surface area contributed by atoms with Crippen LogP contribution in [-0.2, 0) is 48.0 Å². The molecule has 6 bridgehead atoms. The van der Waals surface area contributed by atoms with E-state index in [-0.39, 0.29) is 48.8 Å². The minimum atomic E-state index is -1.44. The molecular formula is C51H67N9O7S.